The van der Waals surface area contributed by atoms with E-state index in [-0.39, 0.29) is 5.97 Å². The number of aryl methyl sites for hydroxylation is 1. The van der Waals surface area contributed by atoms with Crippen LogP contribution in [0.1, 0.15) is 18.1 Å². The van der Waals surface area contributed by atoms with Crippen LogP contribution in [-0.2, 0) is 16.0 Å². The van der Waals surface area contributed by atoms with E-state index in [9.17, 15) is 4.79 Å². The molecule has 82 valence electrons. The Morgan fingerprint density at radius 2 is 2.07 bits per heavy atom. The van der Waals surface area contributed by atoms with E-state index >= 15 is 0 Å². The monoisotopic (exact) mass is 207 g/mol. The molecule has 3 heteroatoms. The highest BCUT2D eigenvalue weighted by molar-refractivity contribution is 5.80. The molecule has 0 radical (unpaired) electrons. The molecule has 0 aromatic heterocycles. The predicted molar refractivity (Wildman–Crippen MR) is 59.5 cm³/mol. The van der Waals surface area contributed by atoms with Gasteiger partial charge in [-0.25, -0.2) is 0 Å². The van der Waals surface area contributed by atoms with E-state index in [1.54, 1.807) is 6.92 Å². The number of methoxy groups -OCH3 is 1. The molecule has 1 unspecified atom stereocenters. The van der Waals surface area contributed by atoms with Crippen molar-refractivity contribution < 1.29 is 9.53 Å². The van der Waals surface area contributed by atoms with Crippen LogP contribution < -0.4 is 5.73 Å². The van der Waals surface area contributed by atoms with Crippen LogP contribution in [0.5, 0.6) is 0 Å². The van der Waals surface area contributed by atoms with Crippen LogP contribution in [0.4, 0.5) is 0 Å². The molecule has 0 aliphatic carbocycles. The third-order valence-corrected chi connectivity index (χ3v) is 2.47. The molecule has 1 rings (SSSR count). The van der Waals surface area contributed by atoms with E-state index < -0.39 is 5.54 Å². The summed E-state index contributed by atoms with van der Waals surface area (Å²) in [6.07, 6.45) is 0.492. The van der Waals surface area contributed by atoms with Gasteiger partial charge in [-0.2, -0.15) is 0 Å². The van der Waals surface area contributed by atoms with Crippen LogP contribution in [-0.4, -0.2) is 18.6 Å². The third kappa shape index (κ3) is 2.80. The number of esters is 1. The number of hydrogen-bond donors (Lipinski definition) is 1. The van der Waals surface area contributed by atoms with Gasteiger partial charge in [-0.3, -0.25) is 4.79 Å². The lowest BCUT2D eigenvalue weighted by Crippen LogP contribution is -2.47. The molecule has 0 fully saturated rings. The van der Waals surface area contributed by atoms with Gasteiger partial charge in [0.05, 0.1) is 7.11 Å². The molecule has 2 N–H and O–H groups in total. The van der Waals surface area contributed by atoms with E-state index in [2.05, 4.69) is 4.74 Å². The maximum Gasteiger partial charge on any atom is 0.325 e. The highest BCUT2D eigenvalue weighted by atomic mass is 16.5. The van der Waals surface area contributed by atoms with Crippen LogP contribution in [0.15, 0.2) is 24.3 Å². The SMILES string of the molecule is COC(=O)C(C)(N)Cc1ccccc1C. The first kappa shape index (κ1) is 11.7. The molecule has 0 amide bonds. The maximum absolute atomic E-state index is 11.4. The van der Waals surface area contributed by atoms with Crippen LogP contribution in [0.2, 0.25) is 0 Å². The van der Waals surface area contributed by atoms with Gasteiger partial charge in [0.15, 0.2) is 0 Å². The molecule has 0 saturated heterocycles. The normalized spacial score (nSPS) is 14.4. The Hall–Kier alpha value is -1.35. The highest BCUT2D eigenvalue weighted by Gasteiger charge is 2.29. The summed E-state index contributed by atoms with van der Waals surface area (Å²) in [5, 5.41) is 0. The summed E-state index contributed by atoms with van der Waals surface area (Å²) < 4.78 is 4.66. The fourth-order valence-electron chi connectivity index (χ4n) is 1.51. The Kier molecular flexibility index (Phi) is 3.48. The zero-order chi connectivity index (χ0) is 11.5. The summed E-state index contributed by atoms with van der Waals surface area (Å²) >= 11 is 0. The first-order valence-corrected chi connectivity index (χ1v) is 4.89. The summed E-state index contributed by atoms with van der Waals surface area (Å²) in [7, 11) is 1.35. The Balaban J connectivity index is 2.86. The molecule has 0 aliphatic heterocycles. The van der Waals surface area contributed by atoms with Gasteiger partial charge >= 0.3 is 5.97 Å². The molecule has 15 heavy (non-hydrogen) atoms. The zero-order valence-electron chi connectivity index (χ0n) is 9.41. The number of carbonyl (C=O) groups excluding carboxylic acids is 1. The summed E-state index contributed by atoms with van der Waals surface area (Å²) in [4.78, 5) is 11.4. The van der Waals surface area contributed by atoms with E-state index in [1.165, 1.54) is 7.11 Å². The van der Waals surface area contributed by atoms with E-state index in [0.717, 1.165) is 11.1 Å². The quantitative estimate of drug-likeness (QED) is 0.763. The van der Waals surface area contributed by atoms with Gasteiger partial charge in [-0.15, -0.1) is 0 Å². The van der Waals surface area contributed by atoms with E-state index in [0.29, 0.717) is 6.42 Å². The average molecular weight is 207 g/mol. The molecule has 0 aliphatic rings. The topological polar surface area (TPSA) is 52.3 Å². The van der Waals surface area contributed by atoms with Crippen molar-refractivity contribution in [2.75, 3.05) is 7.11 Å². The van der Waals surface area contributed by atoms with Crippen molar-refractivity contribution in [1.82, 2.24) is 0 Å². The lowest BCUT2D eigenvalue weighted by Gasteiger charge is -2.22. The van der Waals surface area contributed by atoms with Crippen molar-refractivity contribution in [3.05, 3.63) is 35.4 Å². The zero-order valence-corrected chi connectivity index (χ0v) is 9.41. The molecule has 1 aromatic rings. The van der Waals surface area contributed by atoms with E-state index in [1.807, 2.05) is 31.2 Å². The molecular formula is C12H17NO2. The summed E-state index contributed by atoms with van der Waals surface area (Å²) in [5.74, 6) is -0.384. The molecule has 0 bridgehead atoms. The minimum absolute atomic E-state index is 0.384. The van der Waals surface area contributed by atoms with Gasteiger partial charge in [-0.05, 0) is 25.0 Å². The fourth-order valence-corrected chi connectivity index (χ4v) is 1.51. The molecule has 0 spiro atoms. The van der Waals surface area contributed by atoms with Gasteiger partial charge in [0, 0.05) is 6.42 Å². The number of benzene rings is 1. The largest absolute Gasteiger partial charge is 0.468 e. The second-order valence-electron chi connectivity index (χ2n) is 4.01. The van der Waals surface area contributed by atoms with Crippen LogP contribution in [0.25, 0.3) is 0 Å². The summed E-state index contributed by atoms with van der Waals surface area (Å²) in [6.45, 7) is 3.69. The van der Waals surface area contributed by atoms with E-state index in [4.69, 9.17) is 5.73 Å². The number of rotatable bonds is 3. The Morgan fingerprint density at radius 3 is 2.60 bits per heavy atom. The van der Waals surface area contributed by atoms with Gasteiger partial charge in [0.2, 0.25) is 0 Å². The molecular weight excluding hydrogens is 190 g/mol. The third-order valence-electron chi connectivity index (χ3n) is 2.47. The van der Waals surface area contributed by atoms with Crippen molar-refractivity contribution in [3.8, 4) is 0 Å². The van der Waals surface area contributed by atoms with Gasteiger partial charge in [-0.1, -0.05) is 24.3 Å². The first-order valence-electron chi connectivity index (χ1n) is 4.89. The fraction of sp³-hybridized carbons (Fsp3) is 0.417. The minimum Gasteiger partial charge on any atom is -0.468 e. The maximum atomic E-state index is 11.4. The number of ether oxygens (including phenoxy) is 1. The minimum atomic E-state index is -0.957. The average Bonchev–Trinajstić information content (AvgIpc) is 2.20. The molecule has 3 nitrogen and oxygen atoms in total. The smallest absolute Gasteiger partial charge is 0.325 e. The second-order valence-corrected chi connectivity index (χ2v) is 4.01. The highest BCUT2D eigenvalue weighted by Crippen LogP contribution is 2.15. The van der Waals surface area contributed by atoms with Crippen molar-refractivity contribution in [1.29, 1.82) is 0 Å². The summed E-state index contributed by atoms with van der Waals surface area (Å²) in [5.41, 5.74) is 7.15. The second kappa shape index (κ2) is 4.45. The standard InChI is InChI=1S/C12H17NO2/c1-9-6-4-5-7-10(9)8-12(2,13)11(14)15-3/h4-7H,8,13H2,1-3H3. The number of hydrogen-bond acceptors (Lipinski definition) is 3. The Labute approximate surface area is 90.2 Å². The number of nitrogens with two attached hydrogens (primary N) is 1. The van der Waals surface area contributed by atoms with Crippen LogP contribution in [0.3, 0.4) is 0 Å². The Morgan fingerprint density at radius 1 is 1.47 bits per heavy atom. The van der Waals surface area contributed by atoms with Crippen molar-refractivity contribution in [2.45, 2.75) is 25.8 Å². The number of carbonyl (C=O) groups is 1. The first-order chi connectivity index (χ1) is 6.97. The van der Waals surface area contributed by atoms with Crippen LogP contribution >= 0.6 is 0 Å². The molecule has 0 saturated carbocycles. The van der Waals surface area contributed by atoms with Crippen LogP contribution in [0, 0.1) is 6.92 Å². The van der Waals surface area contributed by atoms with Gasteiger partial charge < -0.3 is 10.5 Å². The van der Waals surface area contributed by atoms with Gasteiger partial charge in [0.25, 0.3) is 0 Å². The molecule has 1 aromatic carbocycles. The molecule has 0 heterocycles. The lowest BCUT2D eigenvalue weighted by atomic mass is 9.92. The van der Waals surface area contributed by atoms with Crippen molar-refractivity contribution >= 4 is 5.97 Å². The van der Waals surface area contributed by atoms with Crippen molar-refractivity contribution in [3.63, 3.8) is 0 Å². The predicted octanol–water partition coefficient (Wildman–Crippen LogP) is 1.43. The van der Waals surface area contributed by atoms with Crippen molar-refractivity contribution in [2.24, 2.45) is 5.73 Å². The lowest BCUT2D eigenvalue weighted by molar-refractivity contribution is -0.146. The molecule has 1 atom stereocenters. The van der Waals surface area contributed by atoms with Gasteiger partial charge in [0.1, 0.15) is 5.54 Å². The summed E-state index contributed by atoms with van der Waals surface area (Å²) in [6, 6.07) is 7.88. The Bertz CT molecular complexity index is 358.